The Morgan fingerprint density at radius 3 is 2.33 bits per heavy atom. The van der Waals surface area contributed by atoms with Gasteiger partial charge in [0.2, 0.25) is 12.3 Å². The average molecular weight is 593 g/mol. The Balaban J connectivity index is 1.87. The van der Waals surface area contributed by atoms with Crippen molar-refractivity contribution in [1.82, 2.24) is 14.8 Å². The second-order valence-electron chi connectivity index (χ2n) is 12.0. The molecule has 0 N–H and O–H groups in total. The molecule has 3 heterocycles. The van der Waals surface area contributed by atoms with E-state index in [-0.39, 0.29) is 17.4 Å². The van der Waals surface area contributed by atoms with Crippen LogP contribution in [0.5, 0.6) is 0 Å². The molecule has 1 aromatic heterocycles. The van der Waals surface area contributed by atoms with E-state index in [1.54, 1.807) is 16.8 Å². The van der Waals surface area contributed by atoms with E-state index in [4.69, 9.17) is 21.6 Å². The highest BCUT2D eigenvalue weighted by Crippen LogP contribution is 2.40. The molecule has 226 valence electrons. The van der Waals surface area contributed by atoms with Gasteiger partial charge in [0, 0.05) is 45.8 Å². The maximum absolute atomic E-state index is 13.1. The maximum atomic E-state index is 13.1. The van der Waals surface area contributed by atoms with Crippen LogP contribution in [0, 0.1) is 5.41 Å². The van der Waals surface area contributed by atoms with Crippen LogP contribution in [0.25, 0.3) is 0 Å². The molecule has 1 aromatic carbocycles. The van der Waals surface area contributed by atoms with E-state index in [0.29, 0.717) is 47.7 Å². The minimum absolute atomic E-state index is 0.0178. The number of piperazine rings is 1. The second kappa shape index (κ2) is 13.3. The van der Waals surface area contributed by atoms with E-state index >= 15 is 0 Å². The topological polar surface area (TPSA) is 72.4 Å². The summed E-state index contributed by atoms with van der Waals surface area (Å²) >= 11 is 7.03. The summed E-state index contributed by atoms with van der Waals surface area (Å²) in [5, 5.41) is 0.535. The predicted octanol–water partition coefficient (Wildman–Crippen LogP) is 5.88. The Hall–Kier alpha value is -3.39. The zero-order chi connectivity index (χ0) is 30.6. The van der Waals surface area contributed by atoms with Gasteiger partial charge in [0.15, 0.2) is 5.82 Å². The maximum Gasteiger partial charge on any atom is 0.246 e. The molecular formula is C33H45ClN6O2. The number of pyridine rings is 1. The van der Waals surface area contributed by atoms with Crippen LogP contribution in [0.4, 0.5) is 17.3 Å². The molecule has 0 aliphatic carbocycles. The highest BCUT2D eigenvalue weighted by Gasteiger charge is 2.33. The number of aliphatic imine (C=N–C) groups is 1. The number of carbonyl (C=O) groups excluding carboxylic acids is 2. The van der Waals surface area contributed by atoms with Crippen molar-refractivity contribution in [2.45, 2.75) is 66.3 Å². The van der Waals surface area contributed by atoms with Gasteiger partial charge in [-0.3, -0.25) is 19.5 Å². The van der Waals surface area contributed by atoms with Gasteiger partial charge in [-0.05, 0) is 61.3 Å². The number of amidine groups is 1. The Bertz CT molecular complexity index is 1320. The Kier molecular flexibility index (Phi) is 9.97. The fourth-order valence-electron chi connectivity index (χ4n) is 6.10. The minimum atomic E-state index is -0.0775. The number of aryl methyl sites for hydroxylation is 2. The number of piperidine rings is 1. The summed E-state index contributed by atoms with van der Waals surface area (Å²) in [6, 6.07) is 8.09. The molecule has 0 saturated carbocycles. The van der Waals surface area contributed by atoms with Crippen molar-refractivity contribution >= 4 is 47.1 Å². The van der Waals surface area contributed by atoms with E-state index < -0.39 is 0 Å². The van der Waals surface area contributed by atoms with E-state index in [1.165, 1.54) is 6.08 Å². The first-order valence-corrected chi connectivity index (χ1v) is 15.4. The first-order valence-electron chi connectivity index (χ1n) is 15.0. The number of hydrogen-bond acceptors (Lipinski definition) is 5. The fourth-order valence-corrected chi connectivity index (χ4v) is 6.37. The zero-order valence-corrected chi connectivity index (χ0v) is 26.7. The monoisotopic (exact) mass is 592 g/mol. The largest absolute Gasteiger partial charge is 0.355 e. The Morgan fingerprint density at radius 1 is 1.17 bits per heavy atom. The van der Waals surface area contributed by atoms with E-state index in [0.717, 1.165) is 62.0 Å². The lowest BCUT2D eigenvalue weighted by atomic mass is 9.83. The lowest BCUT2D eigenvalue weighted by Gasteiger charge is -2.42. The molecule has 2 saturated heterocycles. The summed E-state index contributed by atoms with van der Waals surface area (Å²) < 4.78 is 0. The molecule has 2 aliphatic rings. The molecule has 2 aliphatic heterocycles. The van der Waals surface area contributed by atoms with E-state index in [1.807, 2.05) is 12.1 Å². The third kappa shape index (κ3) is 6.33. The number of nitrogens with zero attached hydrogens (tertiary/aromatic N) is 6. The molecule has 2 amide bonds. The van der Waals surface area contributed by atoms with Crippen molar-refractivity contribution in [3.8, 4) is 0 Å². The van der Waals surface area contributed by atoms with Crippen molar-refractivity contribution in [3.05, 3.63) is 58.6 Å². The van der Waals surface area contributed by atoms with Crippen molar-refractivity contribution in [2.24, 2.45) is 10.4 Å². The Labute approximate surface area is 256 Å². The third-order valence-corrected chi connectivity index (χ3v) is 9.01. The number of carbonyl (C=O) groups is 2. The summed E-state index contributed by atoms with van der Waals surface area (Å²) in [6.45, 7) is 17.9. The molecule has 0 radical (unpaired) electrons. The highest BCUT2D eigenvalue weighted by molar-refractivity contribution is 6.33. The normalized spacial score (nSPS) is 19.1. The number of aromatic nitrogens is 1. The number of amides is 2. The van der Waals surface area contributed by atoms with Gasteiger partial charge >= 0.3 is 0 Å². The van der Waals surface area contributed by atoms with Crippen LogP contribution in [-0.2, 0) is 22.4 Å². The van der Waals surface area contributed by atoms with Crippen molar-refractivity contribution < 1.29 is 9.59 Å². The van der Waals surface area contributed by atoms with Gasteiger partial charge in [0.25, 0.3) is 0 Å². The highest BCUT2D eigenvalue weighted by atomic mass is 35.5. The molecule has 1 unspecified atom stereocenters. The number of benzene rings is 1. The number of hydrogen-bond donors (Lipinski definition) is 0. The fraction of sp³-hybridized carbons (Fsp3) is 0.515. The van der Waals surface area contributed by atoms with Gasteiger partial charge in [-0.15, -0.1) is 0 Å². The summed E-state index contributed by atoms with van der Waals surface area (Å²) in [7, 11) is 1.75. The number of para-hydroxylation sites is 1. The van der Waals surface area contributed by atoms with Gasteiger partial charge in [-0.2, -0.15) is 0 Å². The number of halogens is 1. The molecule has 8 nitrogen and oxygen atoms in total. The van der Waals surface area contributed by atoms with Crippen LogP contribution in [0.15, 0.2) is 41.9 Å². The quantitative estimate of drug-likeness (QED) is 0.166. The standard InChI is InChI=1S/C33H45ClN6O2/c1-8-24-12-11-13-25(9-2)29(24)40(22-41)31-26(20-27(34)32(36-31)37-16-14-33(5,6)15-17-37)30(35-7)39-19-18-38(21-23(39)4)28(42)10-3/h10-13,20,22-23H,3,8-9,14-19,21H2,1-2,4-7H3. The molecule has 1 atom stereocenters. The van der Waals surface area contributed by atoms with Gasteiger partial charge in [-0.25, -0.2) is 4.98 Å². The smallest absolute Gasteiger partial charge is 0.246 e. The molecule has 9 heteroatoms. The number of rotatable bonds is 8. The summed E-state index contributed by atoms with van der Waals surface area (Å²) in [5.74, 6) is 1.83. The van der Waals surface area contributed by atoms with Crippen molar-refractivity contribution in [2.75, 3.05) is 49.6 Å². The third-order valence-electron chi connectivity index (χ3n) is 8.73. The summed E-state index contributed by atoms with van der Waals surface area (Å²) in [5.41, 5.74) is 3.98. The van der Waals surface area contributed by atoms with Crippen LogP contribution in [0.2, 0.25) is 5.02 Å². The summed E-state index contributed by atoms with van der Waals surface area (Å²) in [4.78, 5) is 43.3. The zero-order valence-electron chi connectivity index (χ0n) is 26.0. The second-order valence-corrected chi connectivity index (χ2v) is 12.4. The minimum Gasteiger partial charge on any atom is -0.355 e. The predicted molar refractivity (Wildman–Crippen MR) is 173 cm³/mol. The number of anilines is 3. The molecule has 2 aromatic rings. The lowest BCUT2D eigenvalue weighted by molar-refractivity contribution is -0.128. The van der Waals surface area contributed by atoms with Crippen LogP contribution >= 0.6 is 11.6 Å². The molecule has 2 fully saturated rings. The van der Waals surface area contributed by atoms with E-state index in [9.17, 15) is 9.59 Å². The molecule has 0 spiro atoms. The lowest BCUT2D eigenvalue weighted by Crippen LogP contribution is -2.55. The molecule has 0 bridgehead atoms. The van der Waals surface area contributed by atoms with Crippen molar-refractivity contribution in [1.29, 1.82) is 0 Å². The SMILES string of the molecule is C=CC(=O)N1CCN(C(=NC)c2cc(Cl)c(N3CCC(C)(C)CC3)nc2N(C=O)c2c(CC)cccc2CC)C(C)C1. The van der Waals surface area contributed by atoms with Gasteiger partial charge < -0.3 is 14.7 Å². The van der Waals surface area contributed by atoms with E-state index in [2.05, 4.69) is 63.1 Å². The first kappa shape index (κ1) is 31.5. The molecular weight excluding hydrogens is 548 g/mol. The Morgan fingerprint density at radius 2 is 1.81 bits per heavy atom. The van der Waals surface area contributed by atoms with Crippen LogP contribution < -0.4 is 9.80 Å². The van der Waals surface area contributed by atoms with Gasteiger partial charge in [-0.1, -0.05) is 64.1 Å². The molecule has 4 rings (SSSR count). The van der Waals surface area contributed by atoms with Crippen LogP contribution in [0.1, 0.15) is 64.2 Å². The van der Waals surface area contributed by atoms with Crippen molar-refractivity contribution in [3.63, 3.8) is 0 Å². The first-order chi connectivity index (χ1) is 20.1. The summed E-state index contributed by atoms with van der Waals surface area (Å²) in [6.07, 6.45) is 5.84. The van der Waals surface area contributed by atoms with Crippen LogP contribution in [-0.4, -0.2) is 78.7 Å². The van der Waals surface area contributed by atoms with Gasteiger partial charge in [0.05, 0.1) is 16.3 Å². The average Bonchev–Trinajstić information content (AvgIpc) is 2.99. The van der Waals surface area contributed by atoms with Crippen LogP contribution in [0.3, 0.4) is 0 Å². The molecule has 42 heavy (non-hydrogen) atoms. The van der Waals surface area contributed by atoms with Gasteiger partial charge in [0.1, 0.15) is 11.7 Å².